The Morgan fingerprint density at radius 2 is 1.61 bits per heavy atom. The lowest BCUT2D eigenvalue weighted by Crippen LogP contribution is -2.59. The maximum atomic E-state index is 14.2. The van der Waals surface area contributed by atoms with E-state index in [1.54, 1.807) is 48.5 Å². The monoisotopic (exact) mass is 636 g/mol. The van der Waals surface area contributed by atoms with Crippen LogP contribution in [0.1, 0.15) is 59.9 Å². The van der Waals surface area contributed by atoms with E-state index in [4.69, 9.17) is 15.7 Å². The molecule has 4 N–H and O–H groups in total. The molecule has 246 valence electrons. The molecule has 1 aliphatic rings. The summed E-state index contributed by atoms with van der Waals surface area (Å²) in [5, 5.41) is 19.1. The molecular formula is C37H48N4O5. The normalized spacial score (nSPS) is 22.0. The summed E-state index contributed by atoms with van der Waals surface area (Å²) in [6, 6.07) is 16.8. The zero-order valence-electron chi connectivity index (χ0n) is 34.5. The third-order valence-electron chi connectivity index (χ3n) is 7.56. The summed E-state index contributed by atoms with van der Waals surface area (Å²) >= 11 is 0. The Morgan fingerprint density at radius 1 is 0.978 bits per heavy atom. The van der Waals surface area contributed by atoms with E-state index in [-0.39, 0.29) is 18.4 Å². The maximum Gasteiger partial charge on any atom is 0.318 e. The van der Waals surface area contributed by atoms with E-state index in [1.807, 2.05) is 37.4 Å². The first-order valence-electron chi connectivity index (χ1n) is 19.3. The maximum absolute atomic E-state index is 14.2. The highest BCUT2D eigenvalue weighted by Gasteiger charge is 2.35. The summed E-state index contributed by atoms with van der Waals surface area (Å²) in [4.78, 5) is 41.1. The van der Waals surface area contributed by atoms with Crippen LogP contribution in [0.3, 0.4) is 0 Å². The fraction of sp³-hybridized carbons (Fsp3) is 0.432. The average Bonchev–Trinajstić information content (AvgIpc) is 3.08. The highest BCUT2D eigenvalue weighted by atomic mass is 16.5. The topological polar surface area (TPSA) is 120 Å². The zero-order valence-corrected chi connectivity index (χ0v) is 26.5. The molecule has 1 saturated heterocycles. The van der Waals surface area contributed by atoms with Gasteiger partial charge in [-0.1, -0.05) is 92.7 Å². The lowest BCUT2D eigenvalue weighted by atomic mass is 9.92. The second kappa shape index (κ2) is 16.8. The number of nitrogens with one attached hydrogen (secondary N) is 3. The molecule has 1 heterocycles. The van der Waals surface area contributed by atoms with Gasteiger partial charge in [-0.3, -0.25) is 9.59 Å². The van der Waals surface area contributed by atoms with Crippen LogP contribution in [0.4, 0.5) is 4.79 Å². The van der Waals surface area contributed by atoms with Gasteiger partial charge < -0.3 is 30.7 Å². The van der Waals surface area contributed by atoms with Crippen LogP contribution in [0, 0.1) is 19.8 Å². The summed E-state index contributed by atoms with van der Waals surface area (Å²) in [5.74, 6) is -1.93. The molecule has 46 heavy (non-hydrogen) atoms. The van der Waals surface area contributed by atoms with Gasteiger partial charge in [-0.25, -0.2) is 4.79 Å². The van der Waals surface area contributed by atoms with E-state index >= 15 is 0 Å². The lowest BCUT2D eigenvalue weighted by Gasteiger charge is -2.37. The van der Waals surface area contributed by atoms with Crippen LogP contribution in [0.2, 0.25) is 0 Å². The molecule has 4 rings (SSSR count). The van der Waals surface area contributed by atoms with Gasteiger partial charge in [0.25, 0.3) is 5.91 Å². The molecule has 0 spiro atoms. The third kappa shape index (κ3) is 9.81. The summed E-state index contributed by atoms with van der Waals surface area (Å²) in [7, 11) is 0. The highest BCUT2D eigenvalue weighted by Crippen LogP contribution is 2.22. The number of hydrogen-bond acceptors (Lipinski definition) is 5. The predicted molar refractivity (Wildman–Crippen MR) is 180 cm³/mol. The van der Waals surface area contributed by atoms with Crippen LogP contribution in [-0.4, -0.2) is 71.7 Å². The van der Waals surface area contributed by atoms with Crippen molar-refractivity contribution in [2.75, 3.05) is 19.6 Å². The standard InChI is InChI=1S/C37H48N4O5/c1-25(2)34(41-20-12-19-38-37(41)45)36(44)39-30(21-28-15-7-5-8-16-28)23-32(42)31(22-29-17-9-6-10-18-29)40-33(43)24-46-35-26(3)13-11-14-27(35)4/h5-11,13-18,25,30-32,34,42H,12,19-24H2,1-4H3,(H,38,45)(H,39,44)(H,40,43)/t30-,31-,32-,34-/m0/s1/i12D2,19D2,20D2,22D2. The zero-order chi connectivity index (χ0) is 40.2. The van der Waals surface area contributed by atoms with Gasteiger partial charge in [0, 0.05) is 30.0 Å². The Balaban J connectivity index is 1.66. The fourth-order valence-corrected chi connectivity index (χ4v) is 5.33. The van der Waals surface area contributed by atoms with Crippen molar-refractivity contribution in [2.24, 2.45) is 5.92 Å². The Kier molecular flexibility index (Phi) is 9.06. The number of aliphatic hydroxyl groups excluding tert-OH is 1. The van der Waals surface area contributed by atoms with Gasteiger partial charge in [0.05, 0.1) is 12.1 Å². The second-order valence-corrected chi connectivity index (χ2v) is 11.6. The minimum Gasteiger partial charge on any atom is -0.483 e. The minimum atomic E-state index is -3.28. The molecule has 4 amide bonds. The van der Waals surface area contributed by atoms with Crippen LogP contribution in [0.5, 0.6) is 5.75 Å². The van der Waals surface area contributed by atoms with Crippen molar-refractivity contribution in [3.8, 4) is 5.75 Å². The van der Waals surface area contributed by atoms with Gasteiger partial charge in [-0.15, -0.1) is 0 Å². The number of rotatable bonds is 15. The van der Waals surface area contributed by atoms with Gasteiger partial charge in [0.15, 0.2) is 6.61 Å². The Hall–Kier alpha value is -4.37. The number of carbonyl (C=O) groups is 3. The van der Waals surface area contributed by atoms with Crippen LogP contribution in [0.15, 0.2) is 78.9 Å². The molecule has 1 aliphatic heterocycles. The number of carbonyl (C=O) groups excluding carboxylic acids is 3. The van der Waals surface area contributed by atoms with Crippen LogP contribution in [0.25, 0.3) is 0 Å². The number of amides is 4. The number of hydrogen-bond donors (Lipinski definition) is 4. The number of para-hydroxylation sites is 1. The fourth-order valence-electron chi connectivity index (χ4n) is 5.33. The molecule has 9 nitrogen and oxygen atoms in total. The number of aliphatic hydroxyl groups is 1. The minimum absolute atomic E-state index is 0.0849. The molecule has 3 aromatic carbocycles. The van der Waals surface area contributed by atoms with E-state index < -0.39 is 80.3 Å². The van der Waals surface area contributed by atoms with Crippen LogP contribution < -0.4 is 20.7 Å². The van der Waals surface area contributed by atoms with Gasteiger partial charge in [-0.2, -0.15) is 0 Å². The first-order valence-corrected chi connectivity index (χ1v) is 15.3. The number of urea groups is 1. The number of ether oxygens (including phenoxy) is 1. The lowest BCUT2D eigenvalue weighted by molar-refractivity contribution is -0.128. The van der Waals surface area contributed by atoms with E-state index in [9.17, 15) is 19.5 Å². The Bertz CT molecular complexity index is 1760. The molecular weight excluding hydrogens is 580 g/mol. The second-order valence-electron chi connectivity index (χ2n) is 11.6. The van der Waals surface area contributed by atoms with E-state index in [0.29, 0.717) is 16.2 Å². The summed E-state index contributed by atoms with van der Waals surface area (Å²) in [6.45, 7) is -0.159. The van der Waals surface area contributed by atoms with Crippen molar-refractivity contribution >= 4 is 17.8 Å². The predicted octanol–water partition coefficient (Wildman–Crippen LogP) is 4.33. The molecule has 1 fully saturated rings. The first kappa shape index (κ1) is 24.8. The quantitative estimate of drug-likeness (QED) is 0.198. The summed E-state index contributed by atoms with van der Waals surface area (Å²) in [6.07, 6.45) is -7.51. The smallest absolute Gasteiger partial charge is 0.318 e. The van der Waals surface area contributed by atoms with E-state index in [2.05, 4.69) is 10.6 Å². The number of aryl methyl sites for hydroxylation is 2. The highest BCUT2D eigenvalue weighted by molar-refractivity contribution is 5.87. The van der Waals surface area contributed by atoms with Crippen molar-refractivity contribution < 1.29 is 35.2 Å². The van der Waals surface area contributed by atoms with Crippen LogP contribution >= 0.6 is 0 Å². The van der Waals surface area contributed by atoms with Crippen LogP contribution in [-0.2, 0) is 22.4 Å². The molecule has 0 saturated carbocycles. The molecule has 0 aliphatic carbocycles. The van der Waals surface area contributed by atoms with Crippen molar-refractivity contribution in [1.82, 2.24) is 20.9 Å². The molecule has 4 atom stereocenters. The van der Waals surface area contributed by atoms with Crippen molar-refractivity contribution in [1.29, 1.82) is 0 Å². The Morgan fingerprint density at radius 3 is 2.24 bits per heavy atom. The summed E-state index contributed by atoms with van der Waals surface area (Å²) < 4.78 is 73.6. The third-order valence-corrected chi connectivity index (χ3v) is 7.56. The van der Waals surface area contributed by atoms with E-state index in [0.717, 1.165) is 11.1 Å². The van der Waals surface area contributed by atoms with Gasteiger partial charge in [0.2, 0.25) is 5.91 Å². The van der Waals surface area contributed by atoms with Gasteiger partial charge in [0.1, 0.15) is 11.8 Å². The Labute approximate surface area is 284 Å². The molecule has 3 aromatic rings. The first-order chi connectivity index (χ1) is 25.1. The molecule has 0 aromatic heterocycles. The van der Waals surface area contributed by atoms with Gasteiger partial charge >= 0.3 is 6.03 Å². The van der Waals surface area contributed by atoms with Crippen molar-refractivity contribution in [3.05, 3.63) is 101 Å². The largest absolute Gasteiger partial charge is 0.483 e. The number of nitrogens with zero attached hydrogens (tertiary/aromatic N) is 1. The summed E-state index contributed by atoms with van der Waals surface area (Å²) in [5.41, 5.74) is 2.47. The molecule has 0 unspecified atom stereocenters. The van der Waals surface area contributed by atoms with E-state index in [1.165, 1.54) is 26.0 Å². The van der Waals surface area contributed by atoms with Gasteiger partial charge in [-0.05, 0) is 67.6 Å². The SMILES string of the molecule is [2H]C([2H])(c1ccccc1)[C@H](NC(=O)COc1c(C)cccc1C)[C@@H](O)C[C@H](Cc1ccccc1)NC(=O)[C@H](C(C)C)N1C(=O)NC([2H])([2H])C([2H])([2H])C1([2H])[2H]. The molecule has 9 heteroatoms. The molecule has 0 bridgehead atoms. The van der Waals surface area contributed by atoms with Crippen molar-refractivity contribution in [3.63, 3.8) is 0 Å². The average molecular weight is 637 g/mol. The van der Waals surface area contributed by atoms with Crippen molar-refractivity contribution in [2.45, 2.75) is 77.5 Å². The molecule has 0 radical (unpaired) electrons. The number of benzene rings is 3.